The van der Waals surface area contributed by atoms with Crippen LogP contribution in [0.15, 0.2) is 36.4 Å². The fraction of sp³-hybridized carbons (Fsp3) is 0.471. The number of nitrogens with two attached hydrogens (primary N) is 2. The van der Waals surface area contributed by atoms with Crippen LogP contribution < -0.4 is 11.5 Å². The molecule has 3 aromatic rings. The molecular formula is C34H46N2O4. The Morgan fingerprint density at radius 2 is 1.02 bits per heavy atom. The van der Waals surface area contributed by atoms with Crippen molar-refractivity contribution in [3.63, 3.8) is 0 Å². The van der Waals surface area contributed by atoms with Crippen molar-refractivity contribution in [3.05, 3.63) is 58.7 Å². The van der Waals surface area contributed by atoms with Crippen LogP contribution in [0.3, 0.4) is 0 Å². The third-order valence-electron chi connectivity index (χ3n) is 8.75. The van der Waals surface area contributed by atoms with E-state index in [1.54, 1.807) is 18.2 Å². The molecule has 2 aliphatic carbocycles. The van der Waals surface area contributed by atoms with Gasteiger partial charge in [0.05, 0.1) is 0 Å². The highest BCUT2D eigenvalue weighted by Gasteiger charge is 2.26. The van der Waals surface area contributed by atoms with E-state index >= 15 is 0 Å². The average molecular weight is 547 g/mol. The van der Waals surface area contributed by atoms with Gasteiger partial charge in [0.2, 0.25) is 0 Å². The summed E-state index contributed by atoms with van der Waals surface area (Å²) in [5.41, 5.74) is 18.2. The van der Waals surface area contributed by atoms with Crippen LogP contribution in [0.4, 0.5) is 0 Å². The predicted molar refractivity (Wildman–Crippen MR) is 163 cm³/mol. The molecule has 40 heavy (non-hydrogen) atoms. The first-order valence-corrected chi connectivity index (χ1v) is 15.1. The summed E-state index contributed by atoms with van der Waals surface area (Å²) >= 11 is 0. The molecule has 6 heteroatoms. The first-order chi connectivity index (χ1) is 19.4. The standard InChI is InChI=1S/C32H40N2O4.C2H6/c33-17-21-13-29(36)25(19-7-3-1-4-8-19)15-24(21)23-11-12-28(35)32(38)31(23)27-16-26(20-9-5-2-6-10-20)30(37)14-22(27)18-34;1-2/h11-16,19-20,35-38H,1-10,17-18,33-34H2;1-2H3. The van der Waals surface area contributed by atoms with E-state index < -0.39 is 0 Å². The van der Waals surface area contributed by atoms with E-state index in [0.29, 0.717) is 22.3 Å². The summed E-state index contributed by atoms with van der Waals surface area (Å²) in [4.78, 5) is 0. The van der Waals surface area contributed by atoms with Crippen LogP contribution >= 0.6 is 0 Å². The zero-order valence-corrected chi connectivity index (χ0v) is 24.0. The van der Waals surface area contributed by atoms with E-state index in [2.05, 4.69) is 0 Å². The lowest BCUT2D eigenvalue weighted by atomic mass is 9.79. The monoisotopic (exact) mass is 546 g/mol. The molecule has 6 nitrogen and oxygen atoms in total. The number of hydrogen-bond donors (Lipinski definition) is 6. The van der Waals surface area contributed by atoms with Crippen molar-refractivity contribution in [3.8, 4) is 45.3 Å². The number of phenols is 4. The molecule has 8 N–H and O–H groups in total. The van der Waals surface area contributed by atoms with E-state index in [1.165, 1.54) is 18.9 Å². The molecule has 0 spiro atoms. The molecule has 0 aliphatic heterocycles. The Kier molecular flexibility index (Phi) is 9.99. The number of rotatable bonds is 6. The Morgan fingerprint density at radius 3 is 1.50 bits per heavy atom. The topological polar surface area (TPSA) is 133 Å². The Morgan fingerprint density at radius 1 is 0.575 bits per heavy atom. The zero-order chi connectivity index (χ0) is 28.8. The molecule has 0 saturated heterocycles. The normalized spacial score (nSPS) is 16.4. The van der Waals surface area contributed by atoms with E-state index in [9.17, 15) is 20.4 Å². The molecule has 2 fully saturated rings. The summed E-state index contributed by atoms with van der Waals surface area (Å²) < 4.78 is 0. The van der Waals surface area contributed by atoms with Crippen molar-refractivity contribution in [2.24, 2.45) is 11.5 Å². The summed E-state index contributed by atoms with van der Waals surface area (Å²) in [7, 11) is 0. The third-order valence-corrected chi connectivity index (χ3v) is 8.75. The molecule has 0 amide bonds. The van der Waals surface area contributed by atoms with Gasteiger partial charge in [-0.1, -0.05) is 52.4 Å². The van der Waals surface area contributed by atoms with E-state index in [4.69, 9.17) is 11.5 Å². The molecule has 0 radical (unpaired) electrons. The van der Waals surface area contributed by atoms with Gasteiger partial charge in [-0.05, 0) is 113 Å². The second kappa shape index (κ2) is 13.4. The van der Waals surface area contributed by atoms with Crippen molar-refractivity contribution in [1.82, 2.24) is 0 Å². The first kappa shape index (κ1) is 29.8. The maximum absolute atomic E-state index is 11.3. The summed E-state index contributed by atoms with van der Waals surface area (Å²) in [6.45, 7) is 4.37. The number of hydrogen-bond acceptors (Lipinski definition) is 6. The predicted octanol–water partition coefficient (Wildman–Crippen LogP) is 7.88. The Labute approximate surface area is 238 Å². The molecule has 2 saturated carbocycles. The van der Waals surface area contributed by atoms with Gasteiger partial charge in [0.15, 0.2) is 11.5 Å². The molecule has 0 heterocycles. The molecule has 5 rings (SSSR count). The summed E-state index contributed by atoms with van der Waals surface area (Å²) in [6, 6.07) is 10.7. The van der Waals surface area contributed by atoms with Crippen LogP contribution in [0.2, 0.25) is 0 Å². The minimum absolute atomic E-state index is 0.162. The van der Waals surface area contributed by atoms with Crippen LogP contribution in [0.25, 0.3) is 22.3 Å². The van der Waals surface area contributed by atoms with Crippen molar-refractivity contribution in [2.75, 3.05) is 0 Å². The number of benzene rings is 3. The SMILES string of the molecule is CC.NCc1cc(O)c(C2CCCCC2)cc1-c1ccc(O)c(O)c1-c1cc(C2CCCCC2)c(O)cc1CN. The van der Waals surface area contributed by atoms with E-state index in [0.717, 1.165) is 73.6 Å². The molecule has 0 aromatic heterocycles. The van der Waals surface area contributed by atoms with Gasteiger partial charge < -0.3 is 31.9 Å². The van der Waals surface area contributed by atoms with Gasteiger partial charge in [-0.15, -0.1) is 0 Å². The van der Waals surface area contributed by atoms with Crippen molar-refractivity contribution >= 4 is 0 Å². The van der Waals surface area contributed by atoms with E-state index in [-0.39, 0.29) is 47.9 Å². The average Bonchev–Trinajstić information content (AvgIpc) is 3.00. The molecule has 0 bridgehead atoms. The number of phenolic OH excluding ortho intramolecular Hbond substituents is 4. The van der Waals surface area contributed by atoms with Gasteiger partial charge in [-0.3, -0.25) is 0 Å². The lowest BCUT2D eigenvalue weighted by Gasteiger charge is -2.26. The first-order valence-electron chi connectivity index (χ1n) is 15.1. The molecule has 2 aliphatic rings. The van der Waals surface area contributed by atoms with Crippen LogP contribution in [0, 0.1) is 0 Å². The highest BCUT2D eigenvalue weighted by molar-refractivity contribution is 5.92. The molecule has 0 unspecified atom stereocenters. The highest BCUT2D eigenvalue weighted by Crippen LogP contribution is 2.49. The maximum Gasteiger partial charge on any atom is 0.166 e. The zero-order valence-electron chi connectivity index (χ0n) is 24.0. The van der Waals surface area contributed by atoms with Crippen LogP contribution in [0.5, 0.6) is 23.0 Å². The maximum atomic E-state index is 11.3. The van der Waals surface area contributed by atoms with Gasteiger partial charge in [-0.2, -0.15) is 0 Å². The molecule has 3 aromatic carbocycles. The summed E-state index contributed by atoms with van der Waals surface area (Å²) in [5, 5.41) is 43.8. The van der Waals surface area contributed by atoms with Crippen LogP contribution in [-0.2, 0) is 13.1 Å². The summed E-state index contributed by atoms with van der Waals surface area (Å²) in [5.74, 6) is 0.553. The number of aromatic hydroxyl groups is 4. The second-order valence-electron chi connectivity index (χ2n) is 11.1. The quantitative estimate of drug-likeness (QED) is 0.174. The third kappa shape index (κ3) is 5.93. The van der Waals surface area contributed by atoms with E-state index in [1.807, 2.05) is 26.0 Å². The van der Waals surface area contributed by atoms with Gasteiger partial charge in [0, 0.05) is 18.7 Å². The summed E-state index contributed by atoms with van der Waals surface area (Å²) in [6.07, 6.45) is 11.0. The Bertz CT molecular complexity index is 1310. The van der Waals surface area contributed by atoms with Gasteiger partial charge in [0.1, 0.15) is 11.5 Å². The van der Waals surface area contributed by atoms with Gasteiger partial charge >= 0.3 is 0 Å². The lowest BCUT2D eigenvalue weighted by molar-refractivity contribution is 0.405. The Hall–Kier alpha value is -3.22. The van der Waals surface area contributed by atoms with Crippen molar-refractivity contribution in [1.29, 1.82) is 0 Å². The van der Waals surface area contributed by atoms with Crippen LogP contribution in [-0.4, -0.2) is 20.4 Å². The van der Waals surface area contributed by atoms with Gasteiger partial charge in [-0.25, -0.2) is 0 Å². The lowest BCUT2D eigenvalue weighted by Crippen LogP contribution is -2.08. The van der Waals surface area contributed by atoms with Crippen molar-refractivity contribution in [2.45, 2.75) is 103 Å². The van der Waals surface area contributed by atoms with Crippen molar-refractivity contribution < 1.29 is 20.4 Å². The fourth-order valence-electron chi connectivity index (χ4n) is 6.68. The Balaban J connectivity index is 0.00000181. The molecule has 216 valence electrons. The second-order valence-corrected chi connectivity index (χ2v) is 11.1. The minimum Gasteiger partial charge on any atom is -0.508 e. The van der Waals surface area contributed by atoms with Crippen LogP contribution in [0.1, 0.15) is 112 Å². The highest BCUT2D eigenvalue weighted by atomic mass is 16.3. The smallest absolute Gasteiger partial charge is 0.166 e. The largest absolute Gasteiger partial charge is 0.508 e. The minimum atomic E-state index is -0.229. The molecular weight excluding hydrogens is 500 g/mol. The van der Waals surface area contributed by atoms with Gasteiger partial charge in [0.25, 0.3) is 0 Å². The molecule has 0 atom stereocenters. The fourth-order valence-corrected chi connectivity index (χ4v) is 6.68.